The number of rotatable bonds is 4. The molecule has 0 amide bonds. The molecule has 4 aromatic carbocycles. The second-order valence-electron chi connectivity index (χ2n) is 10.4. The van der Waals surface area contributed by atoms with Crippen molar-refractivity contribution in [1.29, 1.82) is 10.5 Å². The normalized spacial score (nSPS) is 11.3. The van der Waals surface area contributed by atoms with E-state index in [0.29, 0.717) is 44.6 Å². The van der Waals surface area contributed by atoms with E-state index in [4.69, 9.17) is 39.4 Å². The summed E-state index contributed by atoms with van der Waals surface area (Å²) < 4.78 is 11.8. The van der Waals surface area contributed by atoms with Gasteiger partial charge in [-0.05, 0) is 36.4 Å². The molecular formula is C34H14N12O2. The van der Waals surface area contributed by atoms with E-state index >= 15 is 0 Å². The van der Waals surface area contributed by atoms with Gasteiger partial charge in [0.2, 0.25) is 22.7 Å². The van der Waals surface area contributed by atoms with Crippen molar-refractivity contribution in [2.24, 2.45) is 0 Å². The van der Waals surface area contributed by atoms with Gasteiger partial charge in [-0.25, -0.2) is 39.9 Å². The van der Waals surface area contributed by atoms with Crippen molar-refractivity contribution in [3.05, 3.63) is 96.3 Å². The van der Waals surface area contributed by atoms with Gasteiger partial charge in [-0.1, -0.05) is 48.5 Å². The Hall–Kier alpha value is -7.58. The maximum absolute atomic E-state index is 9.90. The highest BCUT2D eigenvalue weighted by molar-refractivity contribution is 6.20. The van der Waals surface area contributed by atoms with Crippen LogP contribution >= 0.6 is 0 Å². The van der Waals surface area contributed by atoms with Crippen LogP contribution in [0.15, 0.2) is 84.9 Å². The standard InChI is InChI=1S/C34H14N12O2/c35-15-21-34(48-18-11-5-2-6-12-18)46-32-29(39-21)41-25-23-24(38-20-14-8-7-13-19(20)37-23)26-27(28(25)44-32)42-30-31(43-26)45-33(22(16-36)40-30)47-17-9-3-1-4-10-17/h1-14H. The number of aromatic nitrogens is 10. The van der Waals surface area contributed by atoms with E-state index in [9.17, 15) is 10.5 Å². The summed E-state index contributed by atoms with van der Waals surface area (Å²) in [6, 6.07) is 29.3. The number of nitriles is 2. The molecule has 14 nitrogen and oxygen atoms in total. The molecule has 0 aliphatic carbocycles. The van der Waals surface area contributed by atoms with Gasteiger partial charge in [0.05, 0.1) is 11.0 Å². The average Bonchev–Trinajstić information content (AvgIpc) is 3.13. The third kappa shape index (κ3) is 4.33. The number of hydrogen-bond acceptors (Lipinski definition) is 14. The Morgan fingerprint density at radius 3 is 1.08 bits per heavy atom. The summed E-state index contributed by atoms with van der Waals surface area (Å²) in [5.41, 5.74) is 3.43. The predicted octanol–water partition coefficient (Wildman–Crippen LogP) is 5.88. The Kier molecular flexibility index (Phi) is 5.86. The van der Waals surface area contributed by atoms with Gasteiger partial charge in [0.15, 0.2) is 11.3 Å². The van der Waals surface area contributed by atoms with Gasteiger partial charge in [0.25, 0.3) is 11.8 Å². The Morgan fingerprint density at radius 2 is 0.708 bits per heavy atom. The lowest BCUT2D eigenvalue weighted by atomic mass is 10.1. The second-order valence-corrected chi connectivity index (χ2v) is 10.4. The number of benzene rings is 4. The maximum atomic E-state index is 9.90. The van der Waals surface area contributed by atoms with Crippen molar-refractivity contribution < 1.29 is 9.47 Å². The highest BCUT2D eigenvalue weighted by Gasteiger charge is 2.23. The molecule has 0 saturated carbocycles. The zero-order valence-electron chi connectivity index (χ0n) is 24.3. The molecule has 0 unspecified atom stereocenters. The van der Waals surface area contributed by atoms with Crippen LogP contribution < -0.4 is 9.47 Å². The Labute approximate surface area is 268 Å². The van der Waals surface area contributed by atoms with Gasteiger partial charge >= 0.3 is 0 Å². The molecule has 0 spiro atoms. The first-order valence-electron chi connectivity index (χ1n) is 14.4. The van der Waals surface area contributed by atoms with Crippen LogP contribution in [0.5, 0.6) is 23.3 Å². The van der Waals surface area contributed by atoms with Crippen LogP contribution in [0.2, 0.25) is 0 Å². The van der Waals surface area contributed by atoms with Crippen molar-refractivity contribution >= 4 is 66.7 Å². The van der Waals surface area contributed by atoms with Gasteiger partial charge in [0.1, 0.15) is 56.7 Å². The van der Waals surface area contributed by atoms with Crippen LogP contribution in [0, 0.1) is 22.7 Å². The summed E-state index contributed by atoms with van der Waals surface area (Å²) in [5, 5.41) is 19.8. The lowest BCUT2D eigenvalue weighted by Gasteiger charge is -2.11. The van der Waals surface area contributed by atoms with Crippen LogP contribution in [0.4, 0.5) is 0 Å². The Bertz CT molecular complexity index is 2870. The molecule has 9 aromatic rings. The molecule has 5 aromatic heterocycles. The molecule has 0 N–H and O–H groups in total. The maximum Gasteiger partial charge on any atom is 0.258 e. The van der Waals surface area contributed by atoms with E-state index < -0.39 is 0 Å². The zero-order chi connectivity index (χ0) is 32.2. The van der Waals surface area contributed by atoms with Crippen molar-refractivity contribution in [3.8, 4) is 35.4 Å². The minimum absolute atomic E-state index is 0.0215. The Morgan fingerprint density at radius 1 is 0.375 bits per heavy atom. The molecule has 0 aliphatic heterocycles. The highest BCUT2D eigenvalue weighted by Crippen LogP contribution is 2.34. The third-order valence-electron chi connectivity index (χ3n) is 7.35. The molecular weight excluding hydrogens is 608 g/mol. The zero-order valence-corrected chi connectivity index (χ0v) is 24.3. The lowest BCUT2D eigenvalue weighted by Crippen LogP contribution is -2.04. The molecule has 48 heavy (non-hydrogen) atoms. The number of ether oxygens (including phenoxy) is 2. The largest absolute Gasteiger partial charge is 0.436 e. The molecule has 5 heterocycles. The highest BCUT2D eigenvalue weighted by atomic mass is 16.5. The minimum Gasteiger partial charge on any atom is -0.436 e. The molecule has 9 rings (SSSR count). The molecule has 0 fully saturated rings. The monoisotopic (exact) mass is 622 g/mol. The molecule has 0 saturated heterocycles. The van der Waals surface area contributed by atoms with Crippen LogP contribution in [-0.2, 0) is 0 Å². The summed E-state index contributed by atoms with van der Waals surface area (Å²) in [6.45, 7) is 0. The van der Waals surface area contributed by atoms with Crippen molar-refractivity contribution in [2.45, 2.75) is 0 Å². The fourth-order valence-electron chi connectivity index (χ4n) is 5.22. The Balaban J connectivity index is 1.35. The first-order valence-corrected chi connectivity index (χ1v) is 14.4. The first kappa shape index (κ1) is 26.8. The number of hydrogen-bond donors (Lipinski definition) is 0. The van der Waals surface area contributed by atoms with E-state index in [0.717, 1.165) is 0 Å². The second kappa shape index (κ2) is 10.5. The predicted molar refractivity (Wildman–Crippen MR) is 172 cm³/mol. The van der Waals surface area contributed by atoms with Gasteiger partial charge in [-0.15, -0.1) is 0 Å². The lowest BCUT2D eigenvalue weighted by molar-refractivity contribution is 0.460. The topological polar surface area (TPSA) is 195 Å². The van der Waals surface area contributed by atoms with Crippen LogP contribution in [0.1, 0.15) is 11.4 Å². The molecule has 0 aliphatic rings. The summed E-state index contributed by atoms with van der Waals surface area (Å²) in [7, 11) is 0. The van der Waals surface area contributed by atoms with E-state index in [-0.39, 0.29) is 56.8 Å². The van der Waals surface area contributed by atoms with Crippen molar-refractivity contribution in [3.63, 3.8) is 0 Å². The molecule has 14 heteroatoms. The van der Waals surface area contributed by atoms with Crippen molar-refractivity contribution in [2.75, 3.05) is 0 Å². The van der Waals surface area contributed by atoms with Gasteiger partial charge in [0, 0.05) is 0 Å². The number of fused-ring (bicyclic) bond motifs is 9. The smallest absolute Gasteiger partial charge is 0.258 e. The molecule has 0 atom stereocenters. The molecule has 0 radical (unpaired) electrons. The SMILES string of the molecule is N#Cc1nc2nc3c4nc5ccccc5nc4c4nc5nc(Oc6ccccc6)c(C#N)nc5nc4c3nc2nc1Oc1ccccc1. The summed E-state index contributed by atoms with van der Waals surface area (Å²) in [4.78, 5) is 46.9. The van der Waals surface area contributed by atoms with Gasteiger partial charge in [-0.2, -0.15) is 20.5 Å². The van der Waals surface area contributed by atoms with Crippen molar-refractivity contribution in [1.82, 2.24) is 49.8 Å². The van der Waals surface area contributed by atoms with Gasteiger partial charge in [-0.3, -0.25) is 0 Å². The molecule has 0 bridgehead atoms. The fourth-order valence-corrected chi connectivity index (χ4v) is 5.22. The average molecular weight is 623 g/mol. The van der Waals surface area contributed by atoms with E-state index in [2.05, 4.69) is 19.9 Å². The minimum atomic E-state index is -0.0787. The van der Waals surface area contributed by atoms with E-state index in [1.54, 1.807) is 48.5 Å². The fraction of sp³-hybridized carbons (Fsp3) is 0. The number of nitrogens with zero attached hydrogens (tertiary/aromatic N) is 12. The third-order valence-corrected chi connectivity index (χ3v) is 7.35. The number of para-hydroxylation sites is 4. The summed E-state index contributed by atoms with van der Waals surface area (Å²) in [5.74, 6) is 0.887. The van der Waals surface area contributed by atoms with Crippen LogP contribution in [0.25, 0.3) is 66.7 Å². The first-order chi connectivity index (χ1) is 23.6. The summed E-state index contributed by atoms with van der Waals surface area (Å²) in [6.07, 6.45) is 0. The summed E-state index contributed by atoms with van der Waals surface area (Å²) >= 11 is 0. The molecule has 222 valence electrons. The van der Waals surface area contributed by atoms with E-state index in [1.807, 2.05) is 48.5 Å². The van der Waals surface area contributed by atoms with Crippen LogP contribution in [0.3, 0.4) is 0 Å². The van der Waals surface area contributed by atoms with E-state index in [1.165, 1.54) is 0 Å². The van der Waals surface area contributed by atoms with Gasteiger partial charge < -0.3 is 9.47 Å². The van der Waals surface area contributed by atoms with Crippen LogP contribution in [-0.4, -0.2) is 49.8 Å². The quantitative estimate of drug-likeness (QED) is 0.166.